The van der Waals surface area contributed by atoms with Crippen molar-refractivity contribution in [2.45, 2.75) is 0 Å². The van der Waals surface area contributed by atoms with Gasteiger partial charge >= 0.3 is 0 Å². The molecule has 1 aromatic carbocycles. The van der Waals surface area contributed by atoms with Crippen molar-refractivity contribution in [2.24, 2.45) is 0 Å². The number of hydrogen-bond donors (Lipinski definition) is 2. The van der Waals surface area contributed by atoms with Crippen LogP contribution in [0.4, 0.5) is 0 Å². The largest absolute Gasteiger partial charge is 0.355 e. The second-order valence-corrected chi connectivity index (χ2v) is 7.45. The van der Waals surface area contributed by atoms with Crippen LogP contribution in [0.2, 0.25) is 0 Å². The summed E-state index contributed by atoms with van der Waals surface area (Å²) in [5.41, 5.74) is 10.1. The third-order valence-electron chi connectivity index (χ3n) is 5.25. The van der Waals surface area contributed by atoms with Crippen molar-refractivity contribution in [1.82, 2.24) is 19.9 Å². The molecule has 4 aromatic rings. The molecule has 2 aliphatic rings. The van der Waals surface area contributed by atoms with E-state index < -0.39 is 0 Å². The van der Waals surface area contributed by atoms with Gasteiger partial charge in [0.1, 0.15) is 0 Å². The summed E-state index contributed by atoms with van der Waals surface area (Å²) in [4.78, 5) is 16.4. The summed E-state index contributed by atoms with van der Waals surface area (Å²) in [7, 11) is 0. The second kappa shape index (κ2) is 7.94. The van der Waals surface area contributed by atoms with Crippen LogP contribution < -0.4 is 0 Å². The van der Waals surface area contributed by atoms with E-state index in [1.54, 1.807) is 0 Å². The van der Waals surface area contributed by atoms with Gasteiger partial charge in [0, 0.05) is 47.1 Å². The molecule has 31 heavy (non-hydrogen) atoms. The predicted molar refractivity (Wildman–Crippen MR) is 124 cm³/mol. The fraction of sp³-hybridized carbons (Fsp3) is 0. The standard InChI is InChI=1S/C26H18N4.Zn/c1-2-4-17(5-3-1)25-15-24-14-22-9-8-20(28-22)12-18-6-7-19(27-18)13-21-10-11-23(29-21)16-26(25)30-24;/h1-16,28,30H;. The second-order valence-electron chi connectivity index (χ2n) is 7.45. The minimum Gasteiger partial charge on any atom is -0.355 e. The quantitative estimate of drug-likeness (QED) is 0.287. The van der Waals surface area contributed by atoms with Gasteiger partial charge in [-0.25, -0.2) is 9.97 Å². The van der Waals surface area contributed by atoms with Gasteiger partial charge in [-0.05, 0) is 72.3 Å². The topological polar surface area (TPSA) is 57.4 Å². The number of fused-ring (bicyclic) bond motifs is 8. The van der Waals surface area contributed by atoms with Crippen LogP contribution in [0, 0.1) is 0 Å². The molecule has 0 radical (unpaired) electrons. The molecule has 4 nitrogen and oxygen atoms in total. The van der Waals surface area contributed by atoms with Crippen molar-refractivity contribution in [1.29, 1.82) is 0 Å². The third-order valence-corrected chi connectivity index (χ3v) is 5.25. The van der Waals surface area contributed by atoms with E-state index in [1.165, 1.54) is 5.56 Å². The maximum atomic E-state index is 4.76. The number of aromatic nitrogens is 4. The molecule has 0 amide bonds. The Hall–Kier alpha value is -3.56. The summed E-state index contributed by atoms with van der Waals surface area (Å²) in [5, 5.41) is 0. The molecule has 8 bridgehead atoms. The number of hydrogen-bond acceptors (Lipinski definition) is 2. The van der Waals surface area contributed by atoms with Gasteiger partial charge in [0.25, 0.3) is 0 Å². The number of rotatable bonds is 1. The van der Waals surface area contributed by atoms with Crippen LogP contribution in [0.5, 0.6) is 0 Å². The summed E-state index contributed by atoms with van der Waals surface area (Å²) in [6, 6.07) is 25.0. The first-order chi connectivity index (χ1) is 14.8. The number of nitrogens with one attached hydrogen (secondary N) is 2. The molecule has 2 N–H and O–H groups in total. The van der Waals surface area contributed by atoms with Crippen LogP contribution in [-0.4, -0.2) is 19.9 Å². The number of benzene rings is 1. The molecule has 5 heteroatoms. The van der Waals surface area contributed by atoms with E-state index >= 15 is 0 Å². The zero-order valence-corrected chi connectivity index (χ0v) is 19.8. The number of aromatic amines is 2. The van der Waals surface area contributed by atoms with E-state index in [0.717, 1.165) is 50.4 Å². The molecular weight excluding hydrogens is 434 g/mol. The van der Waals surface area contributed by atoms with Crippen LogP contribution in [0.1, 0.15) is 22.8 Å². The van der Waals surface area contributed by atoms with Gasteiger partial charge in [-0.2, -0.15) is 0 Å². The van der Waals surface area contributed by atoms with Crippen molar-refractivity contribution in [3.63, 3.8) is 0 Å². The van der Waals surface area contributed by atoms with Crippen molar-refractivity contribution in [2.75, 3.05) is 0 Å². The van der Waals surface area contributed by atoms with E-state index in [0.29, 0.717) is 0 Å². The minimum absolute atomic E-state index is 0. The SMILES string of the molecule is C1=Cc2cc3ccc(cc4cc(-c5ccccc5)c(cc5nc(cc1n2)C=C5)[nH]4)[nH]3.[Zn]. The van der Waals surface area contributed by atoms with E-state index in [9.17, 15) is 0 Å². The molecule has 2 aliphatic heterocycles. The average molecular weight is 452 g/mol. The minimum atomic E-state index is 0. The molecule has 6 rings (SSSR count). The van der Waals surface area contributed by atoms with Crippen molar-refractivity contribution < 1.29 is 19.5 Å². The fourth-order valence-corrected chi connectivity index (χ4v) is 3.87. The molecule has 144 valence electrons. The molecule has 3 aromatic heterocycles. The first-order valence-electron chi connectivity index (χ1n) is 9.92. The van der Waals surface area contributed by atoms with Gasteiger partial charge in [0.2, 0.25) is 0 Å². The molecule has 0 fully saturated rings. The Kier molecular flexibility index (Phi) is 4.97. The van der Waals surface area contributed by atoms with Crippen LogP contribution in [-0.2, 0) is 19.5 Å². The summed E-state index contributed by atoms with van der Waals surface area (Å²) < 4.78 is 0. The van der Waals surface area contributed by atoms with E-state index in [1.807, 2.05) is 42.5 Å². The summed E-state index contributed by atoms with van der Waals surface area (Å²) in [5.74, 6) is 0. The van der Waals surface area contributed by atoms with Crippen LogP contribution >= 0.6 is 0 Å². The molecule has 0 atom stereocenters. The Labute approximate surface area is 192 Å². The molecule has 0 saturated heterocycles. The molecule has 0 spiro atoms. The maximum absolute atomic E-state index is 4.76. The summed E-state index contributed by atoms with van der Waals surface area (Å²) in [6.07, 6.45) is 8.10. The maximum Gasteiger partial charge on any atom is 0.0659 e. The zero-order chi connectivity index (χ0) is 19.9. The first kappa shape index (κ1) is 19.4. The average Bonchev–Trinajstić information content (AvgIpc) is 3.53. The summed E-state index contributed by atoms with van der Waals surface area (Å²) >= 11 is 0. The number of nitrogens with zero attached hydrogens (tertiary/aromatic N) is 2. The Bertz CT molecular complexity index is 1490. The van der Waals surface area contributed by atoms with Gasteiger partial charge in [-0.15, -0.1) is 0 Å². The Morgan fingerprint density at radius 1 is 0.516 bits per heavy atom. The van der Waals surface area contributed by atoms with Crippen molar-refractivity contribution >= 4 is 46.4 Å². The first-order valence-corrected chi connectivity index (χ1v) is 9.92. The third kappa shape index (κ3) is 3.93. The normalized spacial score (nSPS) is 12.0. The zero-order valence-electron chi connectivity index (χ0n) is 16.8. The molecule has 0 saturated carbocycles. The van der Waals surface area contributed by atoms with E-state index in [-0.39, 0.29) is 19.5 Å². The van der Waals surface area contributed by atoms with Gasteiger partial charge in [-0.3, -0.25) is 0 Å². The molecule has 0 unspecified atom stereocenters. The smallest absolute Gasteiger partial charge is 0.0659 e. The summed E-state index contributed by atoms with van der Waals surface area (Å²) in [6.45, 7) is 0. The monoisotopic (exact) mass is 450 g/mol. The van der Waals surface area contributed by atoms with Gasteiger partial charge < -0.3 is 9.97 Å². The Balaban J connectivity index is 0.00000204. The fourth-order valence-electron chi connectivity index (χ4n) is 3.87. The predicted octanol–water partition coefficient (Wildman–Crippen LogP) is 6.32. The van der Waals surface area contributed by atoms with E-state index in [4.69, 9.17) is 4.98 Å². The molecule has 5 heterocycles. The van der Waals surface area contributed by atoms with Crippen LogP contribution in [0.15, 0.2) is 72.8 Å². The Morgan fingerprint density at radius 3 is 1.84 bits per heavy atom. The van der Waals surface area contributed by atoms with E-state index in [2.05, 4.69) is 69.5 Å². The van der Waals surface area contributed by atoms with Gasteiger partial charge in [0.05, 0.1) is 22.8 Å². The van der Waals surface area contributed by atoms with Crippen molar-refractivity contribution in [3.8, 4) is 11.1 Å². The molecular formula is C26H18N4Zn. The molecule has 0 aliphatic carbocycles. The van der Waals surface area contributed by atoms with Gasteiger partial charge in [-0.1, -0.05) is 30.3 Å². The number of H-pyrrole nitrogens is 2. The Morgan fingerprint density at radius 2 is 1.13 bits per heavy atom. The van der Waals surface area contributed by atoms with Crippen LogP contribution in [0.3, 0.4) is 0 Å². The van der Waals surface area contributed by atoms with Crippen LogP contribution in [0.25, 0.3) is 57.5 Å². The van der Waals surface area contributed by atoms with Crippen molar-refractivity contribution in [3.05, 3.63) is 95.6 Å². The van der Waals surface area contributed by atoms with Gasteiger partial charge in [0.15, 0.2) is 0 Å².